The topological polar surface area (TPSA) is 42.2 Å². The van der Waals surface area contributed by atoms with Crippen molar-refractivity contribution in [2.75, 3.05) is 0 Å². The van der Waals surface area contributed by atoms with Gasteiger partial charge in [0.1, 0.15) is 5.76 Å². The highest BCUT2D eigenvalue weighted by Crippen LogP contribution is 2.19. The molecular weight excluding hydrogens is 234 g/mol. The average Bonchev–Trinajstić information content (AvgIpc) is 3.00. The first-order chi connectivity index (χ1) is 8.20. The highest BCUT2D eigenvalue weighted by atomic mass is 32.1. The molecule has 0 saturated heterocycles. The smallest absolute Gasteiger partial charge is 0.287 e. The average molecular weight is 249 g/mol. The van der Waals surface area contributed by atoms with Crippen LogP contribution in [0.5, 0.6) is 0 Å². The summed E-state index contributed by atoms with van der Waals surface area (Å²) in [4.78, 5) is 13.0. The molecule has 2 aromatic heterocycles. The zero-order valence-electron chi connectivity index (χ0n) is 9.90. The van der Waals surface area contributed by atoms with Crippen LogP contribution in [0.1, 0.15) is 41.1 Å². The van der Waals surface area contributed by atoms with Gasteiger partial charge in [-0.2, -0.15) is 0 Å². The Bertz CT molecular complexity index is 487. The largest absolute Gasteiger partial charge is 0.456 e. The number of aryl methyl sites for hydroxylation is 1. The molecule has 0 spiro atoms. The van der Waals surface area contributed by atoms with E-state index in [1.165, 1.54) is 0 Å². The van der Waals surface area contributed by atoms with Crippen molar-refractivity contribution in [1.29, 1.82) is 0 Å². The van der Waals surface area contributed by atoms with Gasteiger partial charge in [-0.15, -0.1) is 11.3 Å². The predicted molar refractivity (Wildman–Crippen MR) is 68.3 cm³/mol. The maximum atomic E-state index is 11.9. The van der Waals surface area contributed by atoms with Crippen LogP contribution in [0, 0.1) is 0 Å². The molecule has 0 aliphatic carbocycles. The van der Waals surface area contributed by atoms with Crippen LogP contribution in [0.15, 0.2) is 34.1 Å². The lowest BCUT2D eigenvalue weighted by Gasteiger charge is -2.10. The molecule has 0 aliphatic heterocycles. The number of thiophene rings is 1. The van der Waals surface area contributed by atoms with E-state index in [9.17, 15) is 4.79 Å². The van der Waals surface area contributed by atoms with Gasteiger partial charge in [-0.3, -0.25) is 4.79 Å². The summed E-state index contributed by atoms with van der Waals surface area (Å²) < 4.78 is 5.40. The lowest BCUT2D eigenvalue weighted by atomic mass is 10.2. The van der Waals surface area contributed by atoms with Crippen LogP contribution in [0.2, 0.25) is 0 Å². The Morgan fingerprint density at radius 2 is 2.29 bits per heavy atom. The number of carbonyl (C=O) groups excluding carboxylic acids is 1. The van der Waals surface area contributed by atoms with Crippen molar-refractivity contribution in [1.82, 2.24) is 5.32 Å². The van der Waals surface area contributed by atoms with E-state index in [1.54, 1.807) is 17.4 Å². The Morgan fingerprint density at radius 1 is 1.47 bits per heavy atom. The lowest BCUT2D eigenvalue weighted by Crippen LogP contribution is -2.25. The Labute approximate surface area is 104 Å². The molecule has 1 N–H and O–H groups in total. The molecule has 2 heterocycles. The van der Waals surface area contributed by atoms with Gasteiger partial charge in [0.25, 0.3) is 5.91 Å². The normalized spacial score (nSPS) is 12.4. The van der Waals surface area contributed by atoms with Crippen LogP contribution in [0.4, 0.5) is 0 Å². The molecule has 3 nitrogen and oxygen atoms in total. The number of hydrogen-bond donors (Lipinski definition) is 1. The second kappa shape index (κ2) is 5.19. The predicted octanol–water partition coefficient (Wildman–Crippen LogP) is 3.39. The second-order valence-electron chi connectivity index (χ2n) is 3.83. The fourth-order valence-corrected chi connectivity index (χ4v) is 2.30. The molecule has 0 saturated carbocycles. The van der Waals surface area contributed by atoms with Crippen molar-refractivity contribution in [2.45, 2.75) is 26.3 Å². The van der Waals surface area contributed by atoms with Gasteiger partial charge >= 0.3 is 0 Å². The Balaban J connectivity index is 2.01. The standard InChI is InChI=1S/C13H15NO2S/c1-3-10-6-7-11(16-10)13(15)14-9(2)12-5-4-8-17-12/h4-9H,3H2,1-2H3,(H,14,15)/t9-/m0/s1. The number of rotatable bonds is 4. The van der Waals surface area contributed by atoms with Gasteiger partial charge in [0.05, 0.1) is 6.04 Å². The summed E-state index contributed by atoms with van der Waals surface area (Å²) in [6, 6.07) is 7.55. The molecular formula is C13H15NO2S. The molecule has 2 rings (SSSR count). The monoisotopic (exact) mass is 249 g/mol. The van der Waals surface area contributed by atoms with Gasteiger partial charge in [0.15, 0.2) is 5.76 Å². The van der Waals surface area contributed by atoms with E-state index in [1.807, 2.05) is 37.4 Å². The highest BCUT2D eigenvalue weighted by molar-refractivity contribution is 7.10. The Kier molecular flexibility index (Phi) is 3.64. The first kappa shape index (κ1) is 11.9. The molecule has 0 unspecified atom stereocenters. The minimum atomic E-state index is -0.161. The van der Waals surface area contributed by atoms with Crippen molar-refractivity contribution in [3.8, 4) is 0 Å². The minimum absolute atomic E-state index is 0.0117. The number of hydrogen-bond acceptors (Lipinski definition) is 3. The van der Waals surface area contributed by atoms with Gasteiger partial charge in [-0.1, -0.05) is 13.0 Å². The second-order valence-corrected chi connectivity index (χ2v) is 4.81. The van der Waals surface area contributed by atoms with Crippen LogP contribution in [0.3, 0.4) is 0 Å². The first-order valence-electron chi connectivity index (χ1n) is 5.63. The first-order valence-corrected chi connectivity index (χ1v) is 6.51. The summed E-state index contributed by atoms with van der Waals surface area (Å²) in [7, 11) is 0. The van der Waals surface area contributed by atoms with Crippen molar-refractivity contribution in [3.63, 3.8) is 0 Å². The Morgan fingerprint density at radius 3 is 2.88 bits per heavy atom. The molecule has 0 fully saturated rings. The maximum absolute atomic E-state index is 11.9. The van der Waals surface area contributed by atoms with Gasteiger partial charge in [-0.25, -0.2) is 0 Å². The highest BCUT2D eigenvalue weighted by Gasteiger charge is 2.14. The fraction of sp³-hybridized carbons (Fsp3) is 0.308. The third kappa shape index (κ3) is 2.77. The zero-order valence-corrected chi connectivity index (χ0v) is 10.7. The number of carbonyl (C=O) groups is 1. The van der Waals surface area contributed by atoms with Crippen molar-refractivity contribution in [3.05, 3.63) is 46.0 Å². The SMILES string of the molecule is CCc1ccc(C(=O)N[C@@H](C)c2cccs2)o1. The van der Waals surface area contributed by atoms with Crippen molar-refractivity contribution >= 4 is 17.2 Å². The summed E-state index contributed by atoms with van der Waals surface area (Å²) in [5.74, 6) is 1.05. The molecule has 17 heavy (non-hydrogen) atoms. The van der Waals surface area contributed by atoms with Gasteiger partial charge in [0.2, 0.25) is 0 Å². The Hall–Kier alpha value is -1.55. The van der Waals surface area contributed by atoms with E-state index in [0.717, 1.165) is 17.1 Å². The van der Waals surface area contributed by atoms with Crippen molar-refractivity contribution < 1.29 is 9.21 Å². The van der Waals surface area contributed by atoms with E-state index in [4.69, 9.17) is 4.42 Å². The fourth-order valence-electron chi connectivity index (χ4n) is 1.57. The number of furan rings is 1. The van der Waals surface area contributed by atoms with Gasteiger partial charge in [-0.05, 0) is 30.5 Å². The number of nitrogens with one attached hydrogen (secondary N) is 1. The van der Waals surface area contributed by atoms with Gasteiger partial charge < -0.3 is 9.73 Å². The summed E-state index contributed by atoms with van der Waals surface area (Å²) in [5.41, 5.74) is 0. The van der Waals surface area contributed by atoms with Crippen LogP contribution in [0.25, 0.3) is 0 Å². The third-order valence-electron chi connectivity index (χ3n) is 2.55. The van der Waals surface area contributed by atoms with E-state index < -0.39 is 0 Å². The summed E-state index contributed by atoms with van der Waals surface area (Å²) >= 11 is 1.63. The lowest BCUT2D eigenvalue weighted by molar-refractivity contribution is 0.0911. The molecule has 0 aromatic carbocycles. The maximum Gasteiger partial charge on any atom is 0.287 e. The van der Waals surface area contributed by atoms with Gasteiger partial charge in [0, 0.05) is 11.3 Å². The van der Waals surface area contributed by atoms with E-state index in [-0.39, 0.29) is 11.9 Å². The quantitative estimate of drug-likeness (QED) is 0.902. The van der Waals surface area contributed by atoms with E-state index in [0.29, 0.717) is 5.76 Å². The molecule has 0 aliphatic rings. The summed E-state index contributed by atoms with van der Waals surface area (Å²) in [5, 5.41) is 4.91. The van der Waals surface area contributed by atoms with Crippen LogP contribution in [-0.2, 0) is 6.42 Å². The molecule has 0 bridgehead atoms. The molecule has 1 amide bonds. The molecule has 4 heteroatoms. The zero-order chi connectivity index (χ0) is 12.3. The van der Waals surface area contributed by atoms with Crippen LogP contribution < -0.4 is 5.32 Å². The van der Waals surface area contributed by atoms with Crippen molar-refractivity contribution in [2.24, 2.45) is 0 Å². The van der Waals surface area contributed by atoms with Crippen LogP contribution >= 0.6 is 11.3 Å². The molecule has 1 atom stereocenters. The molecule has 0 radical (unpaired) electrons. The van der Waals surface area contributed by atoms with Crippen LogP contribution in [-0.4, -0.2) is 5.91 Å². The molecule has 2 aromatic rings. The third-order valence-corrected chi connectivity index (χ3v) is 3.61. The summed E-state index contributed by atoms with van der Waals surface area (Å²) in [6.07, 6.45) is 0.799. The minimum Gasteiger partial charge on any atom is -0.456 e. The van der Waals surface area contributed by atoms with E-state index in [2.05, 4.69) is 5.32 Å². The van der Waals surface area contributed by atoms with E-state index >= 15 is 0 Å². The summed E-state index contributed by atoms with van der Waals surface area (Å²) in [6.45, 7) is 3.96. The number of amides is 1. The molecule has 90 valence electrons.